The minimum atomic E-state index is -0.732. The molecule has 3 heterocycles. The second-order valence-corrected chi connectivity index (χ2v) is 22.2. The van der Waals surface area contributed by atoms with E-state index in [9.17, 15) is 19.2 Å². The molecule has 1 N–H and O–H groups in total. The van der Waals surface area contributed by atoms with Crippen molar-refractivity contribution in [1.82, 2.24) is 15.5 Å². The number of anilines is 2. The lowest BCUT2D eigenvalue weighted by molar-refractivity contribution is 0.0874. The number of carbonyl (C=O) groups excluding carboxylic acids is 4. The molecule has 1 unspecified atom stereocenters. The Bertz CT molecular complexity index is 4710. The predicted octanol–water partition coefficient (Wildman–Crippen LogP) is 16.1. The molecule has 1 aromatic heterocycles. The Hall–Kier alpha value is -12.0. The van der Waals surface area contributed by atoms with Crippen LogP contribution in [0.4, 0.5) is 11.4 Å². The molecule has 0 radical (unpaired) electrons. The molecule has 0 bridgehead atoms. The van der Waals surface area contributed by atoms with E-state index in [1.807, 2.05) is 146 Å². The van der Waals surface area contributed by atoms with E-state index in [0.717, 1.165) is 66.9 Å². The fourth-order valence-electron chi connectivity index (χ4n) is 12.5. The number of nitrogens with zero attached hydrogens (tertiary/aromatic N) is 4. The number of imide groups is 2. The highest BCUT2D eigenvalue weighted by Crippen LogP contribution is 2.56. The van der Waals surface area contributed by atoms with Crippen molar-refractivity contribution in [1.29, 1.82) is 0 Å². The number of carbonyl (C=O) groups is 4. The van der Waals surface area contributed by atoms with Gasteiger partial charge in [0.05, 0.1) is 33.4 Å². The van der Waals surface area contributed by atoms with Gasteiger partial charge in [0, 0.05) is 36.8 Å². The van der Waals surface area contributed by atoms with Crippen molar-refractivity contribution < 1.29 is 37.8 Å². The van der Waals surface area contributed by atoms with Crippen molar-refractivity contribution in [3.8, 4) is 68.5 Å². The molecule has 0 spiro atoms. The molecule has 2 aliphatic heterocycles. The van der Waals surface area contributed by atoms with Gasteiger partial charge in [-0.2, -0.15) is 0 Å². The summed E-state index contributed by atoms with van der Waals surface area (Å²) < 4.78 is 25.0. The van der Waals surface area contributed by atoms with E-state index in [1.54, 1.807) is 36.4 Å². The van der Waals surface area contributed by atoms with E-state index < -0.39 is 29.0 Å². The molecule has 0 saturated carbocycles. The lowest BCUT2D eigenvalue weighted by Gasteiger charge is -2.34. The maximum atomic E-state index is 14.3. The van der Waals surface area contributed by atoms with E-state index in [0.29, 0.717) is 63.1 Å². The maximum Gasteiger partial charge on any atom is 0.266 e. The van der Waals surface area contributed by atoms with Crippen molar-refractivity contribution >= 4 is 35.0 Å². The van der Waals surface area contributed by atoms with E-state index >= 15 is 0 Å². The third kappa shape index (κ3) is 9.54. The highest BCUT2D eigenvalue weighted by molar-refractivity contribution is 6.34. The van der Waals surface area contributed by atoms with Gasteiger partial charge < -0.3 is 23.5 Å². The lowest BCUT2D eigenvalue weighted by Crippen LogP contribution is -2.29. The Morgan fingerprint density at radius 3 is 1.37 bits per heavy atom. The summed E-state index contributed by atoms with van der Waals surface area (Å²) in [5, 5.41) is 10.9. The molecule has 13 heteroatoms. The Morgan fingerprint density at radius 1 is 0.404 bits per heavy atom. The number of hydrogen-bond acceptors (Lipinski definition) is 11. The van der Waals surface area contributed by atoms with Crippen LogP contribution in [0.2, 0.25) is 0 Å². The van der Waals surface area contributed by atoms with Crippen LogP contribution in [0.5, 0.6) is 34.5 Å². The van der Waals surface area contributed by atoms with Crippen LogP contribution < -0.4 is 29.3 Å². The molecule has 428 valence electrons. The van der Waals surface area contributed by atoms with Crippen molar-refractivity contribution in [3.05, 3.63) is 322 Å². The van der Waals surface area contributed by atoms with Crippen LogP contribution in [0.25, 0.3) is 34.0 Å². The Balaban J connectivity index is 0.643. The second-order valence-electron chi connectivity index (χ2n) is 22.2. The molecule has 1 atom stereocenters. The summed E-state index contributed by atoms with van der Waals surface area (Å²) in [4.78, 5) is 56.3. The highest BCUT2D eigenvalue weighted by Gasteiger charge is 2.46. The first-order valence-electron chi connectivity index (χ1n) is 29.0. The first kappa shape index (κ1) is 53.7. The second kappa shape index (κ2) is 21.8. The van der Waals surface area contributed by atoms with Crippen LogP contribution in [0.15, 0.2) is 265 Å². The number of rotatable bonds is 15. The summed E-state index contributed by atoms with van der Waals surface area (Å²) in [6, 6.07) is 83.9. The summed E-state index contributed by atoms with van der Waals surface area (Å²) in [6.07, 6.45) is 0. The minimum Gasteiger partial charge on any atom is -0.457 e. The van der Waals surface area contributed by atoms with E-state index in [2.05, 4.69) is 113 Å². The average Bonchev–Trinajstić information content (AvgIpc) is 1.60. The normalized spacial score (nSPS) is 13.7. The molecule has 4 amide bonds. The molecule has 89 heavy (non-hydrogen) atoms. The fraction of sp³-hybridized carbons (Fsp3) is 0.0526. The maximum absolute atomic E-state index is 14.3. The first-order valence-corrected chi connectivity index (χ1v) is 29.0. The van der Waals surface area contributed by atoms with Gasteiger partial charge in [-0.05, 0) is 184 Å². The zero-order valence-corrected chi connectivity index (χ0v) is 48.0. The van der Waals surface area contributed by atoms with Crippen LogP contribution in [-0.2, 0) is 5.41 Å². The SMILES string of the molecule is CN(C)c1ccc(-c2nnc(-c3ccc(Oc4ccc(C(c5ccccc5)c5ccc(N6C(=O)c7ccc(Oc8ccc(C9(c%10ccc(Oc%11ccc%12c(c%11)C(=O)NC%12=O)cc%10)c%10ccccc%10-c%10ccccc%109)cc8)cc7C6=O)cc5)cc4)cc3)o2)cc1. The van der Waals surface area contributed by atoms with E-state index in [4.69, 9.17) is 18.6 Å². The van der Waals surface area contributed by atoms with Gasteiger partial charge in [0.1, 0.15) is 34.5 Å². The molecule has 12 aromatic rings. The number of amides is 4. The van der Waals surface area contributed by atoms with Gasteiger partial charge in [-0.15, -0.1) is 10.2 Å². The van der Waals surface area contributed by atoms with Gasteiger partial charge >= 0.3 is 0 Å². The van der Waals surface area contributed by atoms with Crippen molar-refractivity contribution in [3.63, 3.8) is 0 Å². The molecule has 1 aliphatic carbocycles. The zero-order valence-electron chi connectivity index (χ0n) is 48.0. The van der Waals surface area contributed by atoms with Crippen LogP contribution >= 0.6 is 0 Å². The summed E-state index contributed by atoms with van der Waals surface area (Å²) in [6.45, 7) is 0. The number of aromatic nitrogens is 2. The average molecular weight is 1160 g/mol. The predicted molar refractivity (Wildman–Crippen MR) is 340 cm³/mol. The molecule has 11 aromatic carbocycles. The molecule has 13 nitrogen and oxygen atoms in total. The summed E-state index contributed by atoms with van der Waals surface area (Å²) >= 11 is 0. The number of fused-ring (bicyclic) bond motifs is 5. The van der Waals surface area contributed by atoms with E-state index in [-0.39, 0.29) is 17.0 Å². The number of ether oxygens (including phenoxy) is 3. The Morgan fingerprint density at radius 2 is 0.820 bits per heavy atom. The van der Waals surface area contributed by atoms with Gasteiger partial charge in [-0.3, -0.25) is 24.5 Å². The zero-order chi connectivity index (χ0) is 60.3. The van der Waals surface area contributed by atoms with Crippen LogP contribution in [0.1, 0.15) is 86.3 Å². The van der Waals surface area contributed by atoms with Crippen molar-refractivity contribution in [2.24, 2.45) is 0 Å². The largest absolute Gasteiger partial charge is 0.457 e. The fourth-order valence-corrected chi connectivity index (χ4v) is 12.5. The quantitative estimate of drug-likeness (QED) is 0.0771. The summed E-state index contributed by atoms with van der Waals surface area (Å²) in [5.74, 6) is 2.21. The Kier molecular flexibility index (Phi) is 13.2. The molecule has 15 rings (SSSR count). The van der Waals surface area contributed by atoms with Crippen LogP contribution in [0, 0.1) is 0 Å². The third-order valence-corrected chi connectivity index (χ3v) is 16.8. The molecular weight excluding hydrogens is 1110 g/mol. The third-order valence-electron chi connectivity index (χ3n) is 16.8. The van der Waals surface area contributed by atoms with Crippen molar-refractivity contribution in [2.45, 2.75) is 11.3 Å². The number of nitrogens with one attached hydrogen (secondary N) is 1. The van der Waals surface area contributed by atoms with Gasteiger partial charge in [-0.25, -0.2) is 4.90 Å². The van der Waals surface area contributed by atoms with Gasteiger partial charge in [0.2, 0.25) is 11.8 Å². The van der Waals surface area contributed by atoms with Gasteiger partial charge in [0.25, 0.3) is 23.6 Å². The van der Waals surface area contributed by atoms with Gasteiger partial charge in [-0.1, -0.05) is 127 Å². The summed E-state index contributed by atoms with van der Waals surface area (Å²) in [7, 11) is 3.99. The first-order chi connectivity index (χ1) is 43.5. The molecule has 3 aliphatic rings. The minimum absolute atomic E-state index is 0.173. The lowest BCUT2D eigenvalue weighted by atomic mass is 9.68. The molecular formula is C76H51N5O8. The molecule has 0 saturated heterocycles. The van der Waals surface area contributed by atoms with Crippen LogP contribution in [-0.4, -0.2) is 47.9 Å². The van der Waals surface area contributed by atoms with Crippen LogP contribution in [0.3, 0.4) is 0 Å². The smallest absolute Gasteiger partial charge is 0.266 e. The van der Waals surface area contributed by atoms with Gasteiger partial charge in [0.15, 0.2) is 0 Å². The number of benzene rings is 11. The van der Waals surface area contributed by atoms with E-state index in [1.165, 1.54) is 4.90 Å². The standard InChI is InChI=1S/C76H51N5O8/c1-80(2)53-28-18-49(19-29-53)72-78-79-73(89-72)50-22-34-56(35-23-50)86-55-32-20-48(21-33-55)69(46-10-4-3-5-11-46)47-16-30-54(31-17-47)81-74(84)64-43-41-60(45-66(64)75(81)85)88-58-38-26-52(27-39-58)76(67-14-8-6-12-61(67)62-13-7-9-15-68(62)76)51-24-36-57(37-25-51)87-59-40-42-63-65(44-59)71(83)77-70(63)82/h3-45,69H,1-2H3,(H,77,82,83). The topological polar surface area (TPSA) is 153 Å². The summed E-state index contributed by atoms with van der Waals surface area (Å²) in [5.41, 5.74) is 13.1. The van der Waals surface area contributed by atoms with Crippen molar-refractivity contribution in [2.75, 3.05) is 23.9 Å². The molecule has 0 fully saturated rings. The monoisotopic (exact) mass is 1160 g/mol. The number of hydrogen-bond donors (Lipinski definition) is 1. The highest BCUT2D eigenvalue weighted by atomic mass is 16.5. The Labute approximate surface area is 511 Å².